The molecule has 5 aromatic rings. The summed E-state index contributed by atoms with van der Waals surface area (Å²) in [7, 11) is 0. The molecular formula is C25H14N4. The van der Waals surface area contributed by atoms with E-state index >= 15 is 0 Å². The lowest BCUT2D eigenvalue weighted by atomic mass is 9.99. The highest BCUT2D eigenvalue weighted by Gasteiger charge is 2.17. The van der Waals surface area contributed by atoms with Crippen LogP contribution in [0.1, 0.15) is 11.3 Å². The molecular weight excluding hydrogens is 356 g/mol. The van der Waals surface area contributed by atoms with E-state index in [4.69, 9.17) is 0 Å². The Labute approximate surface area is 167 Å². The van der Waals surface area contributed by atoms with Gasteiger partial charge >= 0.3 is 0 Å². The molecule has 0 unspecified atom stereocenters. The highest BCUT2D eigenvalue weighted by molar-refractivity contribution is 6.09. The van der Waals surface area contributed by atoms with Crippen molar-refractivity contribution < 1.29 is 0 Å². The number of nitrogens with zero attached hydrogens (tertiary/aromatic N) is 4. The van der Waals surface area contributed by atoms with Crippen LogP contribution in [0.4, 0.5) is 0 Å². The number of rotatable bonds is 2. The van der Waals surface area contributed by atoms with Gasteiger partial charge in [-0.1, -0.05) is 54.6 Å². The molecule has 2 heterocycles. The van der Waals surface area contributed by atoms with Crippen LogP contribution >= 0.6 is 0 Å². The van der Waals surface area contributed by atoms with E-state index in [9.17, 15) is 10.5 Å². The number of benzene rings is 3. The average molecular weight is 370 g/mol. The van der Waals surface area contributed by atoms with Gasteiger partial charge in [-0.05, 0) is 24.3 Å². The summed E-state index contributed by atoms with van der Waals surface area (Å²) in [6.07, 6.45) is 1.47. The molecule has 3 aromatic carbocycles. The van der Waals surface area contributed by atoms with Crippen molar-refractivity contribution in [3.05, 3.63) is 96.3 Å². The molecule has 0 aliphatic carbocycles. The van der Waals surface area contributed by atoms with Crippen LogP contribution in [-0.2, 0) is 0 Å². The van der Waals surface area contributed by atoms with Crippen molar-refractivity contribution in [1.29, 1.82) is 10.5 Å². The minimum atomic E-state index is 0.288. The molecule has 0 fully saturated rings. The molecule has 2 aromatic heterocycles. The van der Waals surface area contributed by atoms with Crippen LogP contribution < -0.4 is 0 Å². The molecule has 4 heteroatoms. The van der Waals surface area contributed by atoms with E-state index in [1.807, 2.05) is 48.5 Å². The predicted molar refractivity (Wildman–Crippen MR) is 113 cm³/mol. The smallest absolute Gasteiger partial charge is 0.141 e. The molecule has 134 valence electrons. The van der Waals surface area contributed by atoms with Crippen molar-refractivity contribution in [2.24, 2.45) is 0 Å². The number of nitriles is 2. The quantitative estimate of drug-likeness (QED) is 0.407. The molecule has 0 spiro atoms. The van der Waals surface area contributed by atoms with Crippen LogP contribution in [0, 0.1) is 22.7 Å². The third-order valence-electron chi connectivity index (χ3n) is 5.15. The van der Waals surface area contributed by atoms with Gasteiger partial charge in [0, 0.05) is 28.1 Å². The lowest BCUT2D eigenvalue weighted by Gasteiger charge is -2.14. The van der Waals surface area contributed by atoms with Gasteiger partial charge in [0.25, 0.3) is 0 Å². The Morgan fingerprint density at radius 3 is 1.97 bits per heavy atom. The maximum absolute atomic E-state index is 9.63. The maximum atomic E-state index is 9.63. The molecule has 0 atom stereocenters. The molecule has 0 amide bonds. The molecule has 0 aliphatic heterocycles. The Hall–Kier alpha value is -4.41. The molecule has 29 heavy (non-hydrogen) atoms. The summed E-state index contributed by atoms with van der Waals surface area (Å²) in [5.41, 5.74) is 5.46. The summed E-state index contributed by atoms with van der Waals surface area (Å²) < 4.78 is 2.22. The normalized spacial score (nSPS) is 10.7. The largest absolute Gasteiger partial charge is 0.309 e. The average Bonchev–Trinajstić information content (AvgIpc) is 3.13. The molecule has 0 aliphatic rings. The maximum Gasteiger partial charge on any atom is 0.141 e. The minimum Gasteiger partial charge on any atom is -0.309 e. The van der Waals surface area contributed by atoms with Crippen molar-refractivity contribution in [3.63, 3.8) is 0 Å². The van der Waals surface area contributed by atoms with E-state index in [0.29, 0.717) is 11.1 Å². The predicted octanol–water partition coefficient (Wildman–Crippen LogP) is 5.59. The molecule has 0 saturated heterocycles. The lowest BCUT2D eigenvalue weighted by Crippen LogP contribution is -1.99. The van der Waals surface area contributed by atoms with Crippen molar-refractivity contribution >= 4 is 21.8 Å². The number of aromatic nitrogens is 2. The summed E-state index contributed by atoms with van der Waals surface area (Å²) in [6, 6.07) is 30.5. The van der Waals surface area contributed by atoms with Crippen molar-refractivity contribution in [2.45, 2.75) is 0 Å². The first-order chi connectivity index (χ1) is 14.3. The standard InChI is InChI=1S/C25H14N4/c26-14-17-16-28-18(15-27)13-22(17)21-9-3-6-12-25(21)29-23-10-4-1-7-19(23)20-8-2-5-11-24(20)29/h1-13,16H. The van der Waals surface area contributed by atoms with Gasteiger partial charge in [-0.25, -0.2) is 4.98 Å². The number of para-hydroxylation sites is 3. The zero-order valence-corrected chi connectivity index (χ0v) is 15.4. The monoisotopic (exact) mass is 370 g/mol. The Morgan fingerprint density at radius 2 is 1.31 bits per heavy atom. The topological polar surface area (TPSA) is 65.4 Å². The van der Waals surface area contributed by atoms with E-state index in [2.05, 4.69) is 46.0 Å². The highest BCUT2D eigenvalue weighted by atomic mass is 15.0. The number of hydrogen-bond donors (Lipinski definition) is 0. The van der Waals surface area contributed by atoms with Crippen LogP contribution in [0.5, 0.6) is 0 Å². The lowest BCUT2D eigenvalue weighted by molar-refractivity contribution is 1.18. The van der Waals surface area contributed by atoms with Crippen molar-refractivity contribution in [2.75, 3.05) is 0 Å². The van der Waals surface area contributed by atoms with Gasteiger partial charge in [0.15, 0.2) is 0 Å². The highest BCUT2D eigenvalue weighted by Crippen LogP contribution is 2.36. The molecule has 0 bridgehead atoms. The first kappa shape index (κ1) is 16.7. The van der Waals surface area contributed by atoms with Gasteiger partial charge in [0.1, 0.15) is 17.8 Å². The van der Waals surface area contributed by atoms with E-state index in [1.54, 1.807) is 6.07 Å². The van der Waals surface area contributed by atoms with Gasteiger partial charge in [0.2, 0.25) is 0 Å². The second-order valence-corrected chi connectivity index (χ2v) is 6.73. The molecule has 4 nitrogen and oxygen atoms in total. The van der Waals surface area contributed by atoms with Gasteiger partial charge in [-0.15, -0.1) is 0 Å². The van der Waals surface area contributed by atoms with Crippen molar-refractivity contribution in [1.82, 2.24) is 9.55 Å². The Balaban J connectivity index is 1.91. The summed E-state index contributed by atoms with van der Waals surface area (Å²) in [4.78, 5) is 4.06. The first-order valence-electron chi connectivity index (χ1n) is 9.20. The molecule has 5 rings (SSSR count). The van der Waals surface area contributed by atoms with Gasteiger partial charge in [-0.2, -0.15) is 10.5 Å². The fourth-order valence-corrected chi connectivity index (χ4v) is 3.91. The van der Waals surface area contributed by atoms with Crippen LogP contribution in [0.25, 0.3) is 38.6 Å². The van der Waals surface area contributed by atoms with Gasteiger partial charge in [0.05, 0.1) is 22.3 Å². The third kappa shape index (κ3) is 2.56. The van der Waals surface area contributed by atoms with Crippen LogP contribution in [-0.4, -0.2) is 9.55 Å². The Morgan fingerprint density at radius 1 is 0.690 bits per heavy atom. The van der Waals surface area contributed by atoms with E-state index in [1.165, 1.54) is 17.0 Å². The minimum absolute atomic E-state index is 0.288. The number of pyridine rings is 1. The van der Waals surface area contributed by atoms with E-state index < -0.39 is 0 Å². The fourth-order valence-electron chi connectivity index (χ4n) is 3.91. The van der Waals surface area contributed by atoms with Crippen molar-refractivity contribution in [3.8, 4) is 29.0 Å². The van der Waals surface area contributed by atoms with Crippen LogP contribution in [0.3, 0.4) is 0 Å². The first-order valence-corrected chi connectivity index (χ1v) is 9.20. The van der Waals surface area contributed by atoms with Crippen LogP contribution in [0.2, 0.25) is 0 Å². The summed E-state index contributed by atoms with van der Waals surface area (Å²) in [5.74, 6) is 0. The van der Waals surface area contributed by atoms with E-state index in [0.717, 1.165) is 22.3 Å². The SMILES string of the molecule is N#Cc1cc(-c2ccccc2-n2c3ccccc3c3ccccc32)c(C#N)cn1. The third-order valence-corrected chi connectivity index (χ3v) is 5.15. The number of fused-ring (bicyclic) bond motifs is 3. The summed E-state index contributed by atoms with van der Waals surface area (Å²) >= 11 is 0. The van der Waals surface area contributed by atoms with Crippen LogP contribution in [0.15, 0.2) is 85.1 Å². The van der Waals surface area contributed by atoms with Gasteiger partial charge in [-0.3, -0.25) is 0 Å². The zero-order valence-electron chi connectivity index (χ0n) is 15.4. The number of hydrogen-bond acceptors (Lipinski definition) is 3. The molecule has 0 saturated carbocycles. The summed E-state index contributed by atoms with van der Waals surface area (Å²) in [6.45, 7) is 0. The second kappa shape index (κ2) is 6.64. The van der Waals surface area contributed by atoms with Gasteiger partial charge < -0.3 is 4.57 Å². The summed E-state index contributed by atoms with van der Waals surface area (Å²) in [5, 5.41) is 21.3. The zero-order chi connectivity index (χ0) is 19.8. The van der Waals surface area contributed by atoms with E-state index in [-0.39, 0.29) is 5.69 Å². The Bertz CT molecular complexity index is 1430. The molecule has 0 radical (unpaired) electrons. The Kier molecular flexibility index (Phi) is 3.83. The second-order valence-electron chi connectivity index (χ2n) is 6.73. The fraction of sp³-hybridized carbons (Fsp3) is 0. The molecule has 0 N–H and O–H groups in total.